The second-order valence-corrected chi connectivity index (χ2v) is 7.56. The number of aromatic amines is 1. The topological polar surface area (TPSA) is 80.4 Å². The van der Waals surface area contributed by atoms with Crippen LogP contribution in [0, 0.1) is 0 Å². The maximum atomic E-state index is 11.9. The van der Waals surface area contributed by atoms with Gasteiger partial charge in [-0.2, -0.15) is 0 Å². The van der Waals surface area contributed by atoms with Crippen molar-refractivity contribution < 1.29 is 19.1 Å². The van der Waals surface area contributed by atoms with E-state index >= 15 is 0 Å². The minimum Gasteiger partial charge on any atom is -0.463 e. The number of carbonyl (C=O) groups is 2. The molecule has 0 saturated heterocycles. The van der Waals surface area contributed by atoms with Gasteiger partial charge in [0.15, 0.2) is 0 Å². The normalized spacial score (nSPS) is 11.1. The number of hydrogen-bond donors (Lipinski definition) is 2. The second kappa shape index (κ2) is 12.7. The van der Waals surface area contributed by atoms with Gasteiger partial charge in [0.2, 0.25) is 0 Å². The summed E-state index contributed by atoms with van der Waals surface area (Å²) < 4.78 is 9.79. The molecule has 33 heavy (non-hydrogen) atoms. The van der Waals surface area contributed by atoms with Gasteiger partial charge in [0.1, 0.15) is 13.2 Å². The molecule has 0 aliphatic rings. The first-order valence-electron chi connectivity index (χ1n) is 10.8. The molecule has 170 valence electrons. The molecular weight excluding hydrogens is 416 g/mol. The monoisotopic (exact) mass is 444 g/mol. The third-order valence-electron chi connectivity index (χ3n) is 4.94. The minimum atomic E-state index is -0.388. The van der Waals surface area contributed by atoms with E-state index in [-0.39, 0.29) is 18.7 Å². The SMILES string of the molecule is CC(Cc1c[nH]c2ccccc12)NC(=O)OCc1ccccc1.O=COCc1ccccc1. The van der Waals surface area contributed by atoms with E-state index in [2.05, 4.69) is 21.1 Å². The zero-order valence-electron chi connectivity index (χ0n) is 18.6. The van der Waals surface area contributed by atoms with E-state index in [1.165, 1.54) is 10.9 Å². The maximum Gasteiger partial charge on any atom is 0.407 e. The number of benzene rings is 3. The highest BCUT2D eigenvalue weighted by Crippen LogP contribution is 2.19. The molecule has 0 radical (unpaired) electrons. The quantitative estimate of drug-likeness (QED) is 0.357. The standard InChI is InChI=1S/C19H20N2O2.C8H8O2/c1-14(11-16-12-20-18-10-6-5-9-17(16)18)21-19(22)23-13-15-7-3-2-4-8-15;9-7-10-6-8-4-2-1-3-5-8/h2-10,12,14,20H,11,13H2,1H3,(H,21,22);1-5,7H,6H2. The lowest BCUT2D eigenvalue weighted by Gasteiger charge is -2.13. The highest BCUT2D eigenvalue weighted by atomic mass is 16.5. The van der Waals surface area contributed by atoms with Crippen molar-refractivity contribution in [2.75, 3.05) is 0 Å². The van der Waals surface area contributed by atoms with Crippen molar-refractivity contribution in [1.29, 1.82) is 0 Å². The molecule has 1 unspecified atom stereocenters. The van der Waals surface area contributed by atoms with E-state index < -0.39 is 0 Å². The fourth-order valence-corrected chi connectivity index (χ4v) is 3.35. The molecule has 4 rings (SSSR count). The van der Waals surface area contributed by atoms with Crippen LogP contribution in [0.5, 0.6) is 0 Å². The van der Waals surface area contributed by atoms with E-state index in [4.69, 9.17) is 4.74 Å². The lowest BCUT2D eigenvalue weighted by Crippen LogP contribution is -2.34. The molecule has 4 aromatic rings. The predicted octanol–water partition coefficient (Wildman–Crippen LogP) is 5.38. The van der Waals surface area contributed by atoms with E-state index in [1.54, 1.807) is 0 Å². The number of fused-ring (bicyclic) bond motifs is 1. The fraction of sp³-hybridized carbons (Fsp3) is 0.185. The predicted molar refractivity (Wildman–Crippen MR) is 129 cm³/mol. The van der Waals surface area contributed by atoms with Crippen molar-refractivity contribution in [2.24, 2.45) is 0 Å². The van der Waals surface area contributed by atoms with Crippen molar-refractivity contribution in [3.63, 3.8) is 0 Å². The van der Waals surface area contributed by atoms with Gasteiger partial charge in [-0.05, 0) is 36.1 Å². The fourth-order valence-electron chi connectivity index (χ4n) is 3.35. The molecule has 0 aliphatic carbocycles. The first kappa shape index (κ1) is 23.6. The van der Waals surface area contributed by atoms with Crippen molar-refractivity contribution in [3.05, 3.63) is 108 Å². The maximum absolute atomic E-state index is 11.9. The van der Waals surface area contributed by atoms with Crippen LogP contribution >= 0.6 is 0 Å². The van der Waals surface area contributed by atoms with Gasteiger partial charge in [0.25, 0.3) is 6.47 Å². The van der Waals surface area contributed by atoms with Gasteiger partial charge in [0, 0.05) is 23.1 Å². The zero-order chi connectivity index (χ0) is 23.3. The summed E-state index contributed by atoms with van der Waals surface area (Å²) in [7, 11) is 0. The minimum absolute atomic E-state index is 0.00233. The molecule has 2 N–H and O–H groups in total. The molecule has 0 spiro atoms. The van der Waals surface area contributed by atoms with Crippen LogP contribution in [0.3, 0.4) is 0 Å². The molecule has 0 saturated carbocycles. The van der Waals surface area contributed by atoms with Crippen LogP contribution in [0.4, 0.5) is 4.79 Å². The van der Waals surface area contributed by atoms with Crippen LogP contribution in [-0.4, -0.2) is 23.6 Å². The Kier molecular flexibility index (Phi) is 9.09. The average molecular weight is 445 g/mol. The number of nitrogens with one attached hydrogen (secondary N) is 2. The van der Waals surface area contributed by atoms with Crippen LogP contribution in [-0.2, 0) is 33.9 Å². The number of rotatable bonds is 8. The molecule has 1 aromatic heterocycles. The summed E-state index contributed by atoms with van der Waals surface area (Å²) >= 11 is 0. The number of amides is 1. The highest BCUT2D eigenvalue weighted by molar-refractivity contribution is 5.83. The summed E-state index contributed by atoms with van der Waals surface area (Å²) in [5.41, 5.74) is 4.29. The number of para-hydroxylation sites is 1. The van der Waals surface area contributed by atoms with Crippen LogP contribution in [0.15, 0.2) is 91.1 Å². The molecule has 1 heterocycles. The van der Waals surface area contributed by atoms with Gasteiger partial charge in [-0.25, -0.2) is 4.79 Å². The number of hydrogen-bond acceptors (Lipinski definition) is 4. The number of ether oxygens (including phenoxy) is 2. The van der Waals surface area contributed by atoms with Crippen molar-refractivity contribution >= 4 is 23.5 Å². The first-order chi connectivity index (χ1) is 16.2. The van der Waals surface area contributed by atoms with Crippen LogP contribution in [0.2, 0.25) is 0 Å². The summed E-state index contributed by atoms with van der Waals surface area (Å²) in [6.45, 7) is 3.08. The Balaban J connectivity index is 0.000000257. The van der Waals surface area contributed by atoms with E-state index in [0.717, 1.165) is 23.1 Å². The average Bonchev–Trinajstić information content (AvgIpc) is 3.26. The number of alkyl carbamates (subject to hydrolysis) is 1. The van der Waals surface area contributed by atoms with Gasteiger partial charge < -0.3 is 19.8 Å². The Bertz CT molecular complexity index is 1130. The zero-order valence-corrected chi connectivity index (χ0v) is 18.6. The molecule has 6 heteroatoms. The number of carbonyl (C=O) groups excluding carboxylic acids is 2. The molecular formula is C27H28N2O4. The number of H-pyrrole nitrogens is 1. The van der Waals surface area contributed by atoms with Gasteiger partial charge in [0.05, 0.1) is 0 Å². The lowest BCUT2D eigenvalue weighted by atomic mass is 10.1. The van der Waals surface area contributed by atoms with E-state index in [1.807, 2.05) is 92.0 Å². The summed E-state index contributed by atoms with van der Waals surface area (Å²) in [6.07, 6.45) is 2.36. The van der Waals surface area contributed by atoms with Crippen molar-refractivity contribution in [1.82, 2.24) is 10.3 Å². The summed E-state index contributed by atoms with van der Waals surface area (Å²) in [4.78, 5) is 24.9. The highest BCUT2D eigenvalue weighted by Gasteiger charge is 2.11. The van der Waals surface area contributed by atoms with Crippen LogP contribution in [0.1, 0.15) is 23.6 Å². The molecule has 0 bridgehead atoms. The van der Waals surface area contributed by atoms with Crippen LogP contribution in [0.25, 0.3) is 10.9 Å². The van der Waals surface area contributed by atoms with Gasteiger partial charge >= 0.3 is 6.09 Å². The van der Waals surface area contributed by atoms with Gasteiger partial charge in [-0.1, -0.05) is 78.9 Å². The van der Waals surface area contributed by atoms with Crippen molar-refractivity contribution in [3.8, 4) is 0 Å². The molecule has 1 amide bonds. The third-order valence-corrected chi connectivity index (χ3v) is 4.94. The van der Waals surface area contributed by atoms with Crippen molar-refractivity contribution in [2.45, 2.75) is 32.6 Å². The first-order valence-corrected chi connectivity index (χ1v) is 10.8. The summed E-state index contributed by atoms with van der Waals surface area (Å²) in [6, 6.07) is 27.4. The second-order valence-electron chi connectivity index (χ2n) is 7.56. The smallest absolute Gasteiger partial charge is 0.407 e. The third kappa shape index (κ3) is 7.85. The molecule has 0 fully saturated rings. The van der Waals surface area contributed by atoms with Crippen LogP contribution < -0.4 is 5.32 Å². The van der Waals surface area contributed by atoms with Gasteiger partial charge in [-0.15, -0.1) is 0 Å². The Labute approximate surface area is 193 Å². The molecule has 3 aromatic carbocycles. The van der Waals surface area contributed by atoms with E-state index in [9.17, 15) is 9.59 Å². The lowest BCUT2D eigenvalue weighted by molar-refractivity contribution is -0.129. The number of aromatic nitrogens is 1. The largest absolute Gasteiger partial charge is 0.463 e. The molecule has 0 aliphatic heterocycles. The Morgan fingerprint density at radius 1 is 0.909 bits per heavy atom. The van der Waals surface area contributed by atoms with Gasteiger partial charge in [-0.3, -0.25) is 4.79 Å². The Morgan fingerprint density at radius 2 is 1.52 bits per heavy atom. The Morgan fingerprint density at radius 3 is 2.18 bits per heavy atom. The van der Waals surface area contributed by atoms with E-state index in [0.29, 0.717) is 13.1 Å². The summed E-state index contributed by atoms with van der Waals surface area (Å²) in [5, 5.41) is 4.07. The molecule has 6 nitrogen and oxygen atoms in total. The summed E-state index contributed by atoms with van der Waals surface area (Å²) in [5.74, 6) is 0. The molecule has 1 atom stereocenters. The Hall–Kier alpha value is -4.06.